The zero-order chi connectivity index (χ0) is 15.2. The number of rotatable bonds is 6. The summed E-state index contributed by atoms with van der Waals surface area (Å²) in [6, 6.07) is 8.79. The smallest absolute Gasteiger partial charge is 0.0507 e. The molecule has 122 valence electrons. The summed E-state index contributed by atoms with van der Waals surface area (Å²) >= 11 is 0. The third-order valence-corrected chi connectivity index (χ3v) is 5.19. The molecule has 3 nitrogen and oxygen atoms in total. The normalized spacial score (nSPS) is 24.0. The Labute approximate surface area is 135 Å². The zero-order valence-electron chi connectivity index (χ0n) is 14.0. The molecule has 2 saturated heterocycles. The van der Waals surface area contributed by atoms with Crippen molar-refractivity contribution in [3.05, 3.63) is 35.4 Å². The highest BCUT2D eigenvalue weighted by atomic mass is 16.5. The maximum absolute atomic E-state index is 5.49. The van der Waals surface area contributed by atoms with Crippen molar-refractivity contribution in [2.45, 2.75) is 26.2 Å². The third kappa shape index (κ3) is 4.55. The van der Waals surface area contributed by atoms with Crippen molar-refractivity contribution in [3.63, 3.8) is 0 Å². The number of hydrogen-bond donors (Lipinski definition) is 0. The fourth-order valence-electron chi connectivity index (χ4n) is 3.67. The highest BCUT2D eigenvalue weighted by Crippen LogP contribution is 2.15. The summed E-state index contributed by atoms with van der Waals surface area (Å²) in [6.45, 7) is 11.6. The van der Waals surface area contributed by atoms with Gasteiger partial charge in [-0.15, -0.1) is 0 Å². The molecule has 3 rings (SSSR count). The maximum atomic E-state index is 5.49. The van der Waals surface area contributed by atoms with Gasteiger partial charge in [-0.2, -0.15) is 0 Å². The molecule has 1 aromatic carbocycles. The molecule has 1 atom stereocenters. The Hall–Kier alpha value is -0.900. The predicted molar refractivity (Wildman–Crippen MR) is 91.3 cm³/mol. The van der Waals surface area contributed by atoms with Crippen LogP contribution in [0.4, 0.5) is 0 Å². The van der Waals surface area contributed by atoms with E-state index in [-0.39, 0.29) is 0 Å². The minimum Gasteiger partial charge on any atom is -0.381 e. The fourth-order valence-corrected chi connectivity index (χ4v) is 3.67. The lowest BCUT2D eigenvalue weighted by Gasteiger charge is -2.35. The summed E-state index contributed by atoms with van der Waals surface area (Å²) in [7, 11) is 0. The monoisotopic (exact) mass is 302 g/mol. The van der Waals surface area contributed by atoms with Gasteiger partial charge in [-0.25, -0.2) is 0 Å². The Morgan fingerprint density at radius 2 is 1.86 bits per heavy atom. The van der Waals surface area contributed by atoms with Crippen LogP contribution in [0.1, 0.15) is 24.0 Å². The van der Waals surface area contributed by atoms with Crippen LogP contribution in [0, 0.1) is 12.8 Å². The molecule has 0 radical (unpaired) electrons. The van der Waals surface area contributed by atoms with E-state index < -0.39 is 0 Å². The van der Waals surface area contributed by atoms with Gasteiger partial charge < -0.3 is 14.5 Å². The summed E-state index contributed by atoms with van der Waals surface area (Å²) in [5, 5.41) is 0. The van der Waals surface area contributed by atoms with Gasteiger partial charge >= 0.3 is 0 Å². The number of aryl methyl sites for hydroxylation is 2. The van der Waals surface area contributed by atoms with Crippen LogP contribution in [0.25, 0.3) is 0 Å². The molecule has 0 amide bonds. The quantitative estimate of drug-likeness (QED) is 0.803. The second kappa shape index (κ2) is 8.09. The predicted octanol–water partition coefficient (Wildman–Crippen LogP) is 2.58. The molecule has 0 aliphatic carbocycles. The molecule has 0 saturated carbocycles. The summed E-state index contributed by atoms with van der Waals surface area (Å²) in [5.74, 6) is 0.785. The Morgan fingerprint density at radius 3 is 2.59 bits per heavy atom. The van der Waals surface area contributed by atoms with E-state index in [0.29, 0.717) is 0 Å². The second-order valence-electron chi connectivity index (χ2n) is 6.90. The lowest BCUT2D eigenvalue weighted by Crippen LogP contribution is -2.48. The van der Waals surface area contributed by atoms with Crippen molar-refractivity contribution in [1.82, 2.24) is 9.80 Å². The first-order valence-electron chi connectivity index (χ1n) is 8.88. The van der Waals surface area contributed by atoms with Gasteiger partial charge in [0.05, 0.1) is 6.61 Å². The van der Waals surface area contributed by atoms with Gasteiger partial charge in [0, 0.05) is 39.3 Å². The second-order valence-corrected chi connectivity index (χ2v) is 6.90. The van der Waals surface area contributed by atoms with E-state index in [0.717, 1.165) is 19.1 Å². The van der Waals surface area contributed by atoms with Crippen LogP contribution in [0.3, 0.4) is 0 Å². The Balaban J connectivity index is 1.33. The highest BCUT2D eigenvalue weighted by molar-refractivity contribution is 5.25. The molecule has 0 bridgehead atoms. The topological polar surface area (TPSA) is 15.7 Å². The van der Waals surface area contributed by atoms with Crippen LogP contribution in [0.2, 0.25) is 0 Å². The van der Waals surface area contributed by atoms with E-state index in [4.69, 9.17) is 4.74 Å². The van der Waals surface area contributed by atoms with Crippen molar-refractivity contribution < 1.29 is 4.74 Å². The summed E-state index contributed by atoms with van der Waals surface area (Å²) in [4.78, 5) is 5.27. The number of hydrogen-bond acceptors (Lipinski definition) is 3. The van der Waals surface area contributed by atoms with Crippen LogP contribution in [0.5, 0.6) is 0 Å². The van der Waals surface area contributed by atoms with Crippen molar-refractivity contribution >= 4 is 0 Å². The minimum atomic E-state index is 0.785. The Bertz CT molecular complexity index is 449. The van der Waals surface area contributed by atoms with E-state index in [1.54, 1.807) is 0 Å². The first-order chi connectivity index (χ1) is 10.8. The molecule has 0 N–H and O–H groups in total. The largest absolute Gasteiger partial charge is 0.381 e. The molecule has 0 unspecified atom stereocenters. The highest BCUT2D eigenvalue weighted by Gasteiger charge is 2.22. The van der Waals surface area contributed by atoms with Crippen molar-refractivity contribution in [2.24, 2.45) is 5.92 Å². The van der Waals surface area contributed by atoms with Crippen molar-refractivity contribution in [2.75, 3.05) is 52.5 Å². The lowest BCUT2D eigenvalue weighted by atomic mass is 10.0. The standard InChI is InChI=1S/C19H30N2O/c1-17-5-2-3-6-19(17)7-4-9-20-10-12-21(13-11-20)15-18-8-14-22-16-18/h2-3,5-6,18H,4,7-16H2,1H3/t18-/m1/s1. The molecule has 1 aromatic rings. The Morgan fingerprint density at radius 1 is 1.09 bits per heavy atom. The summed E-state index contributed by atoms with van der Waals surface area (Å²) < 4.78 is 5.49. The van der Waals surface area contributed by atoms with Crippen LogP contribution >= 0.6 is 0 Å². The van der Waals surface area contributed by atoms with Gasteiger partial charge in [0.15, 0.2) is 0 Å². The molecule has 22 heavy (non-hydrogen) atoms. The molecule has 0 aromatic heterocycles. The molecule has 2 fully saturated rings. The number of nitrogens with zero attached hydrogens (tertiary/aromatic N) is 2. The third-order valence-electron chi connectivity index (χ3n) is 5.19. The SMILES string of the molecule is Cc1ccccc1CCCN1CCN(C[C@H]2CCOC2)CC1. The van der Waals surface area contributed by atoms with Gasteiger partial charge in [0.1, 0.15) is 0 Å². The maximum Gasteiger partial charge on any atom is 0.0507 e. The van der Waals surface area contributed by atoms with Crippen molar-refractivity contribution in [1.29, 1.82) is 0 Å². The van der Waals surface area contributed by atoms with E-state index in [9.17, 15) is 0 Å². The van der Waals surface area contributed by atoms with Crippen LogP contribution in [0.15, 0.2) is 24.3 Å². The first-order valence-corrected chi connectivity index (χ1v) is 8.88. The van der Waals surface area contributed by atoms with E-state index in [1.807, 2.05) is 0 Å². The molecular formula is C19H30N2O. The minimum absolute atomic E-state index is 0.785. The first kappa shape index (κ1) is 16.0. The van der Waals surface area contributed by atoms with Crippen LogP contribution in [-0.4, -0.2) is 62.3 Å². The summed E-state index contributed by atoms with van der Waals surface area (Å²) in [6.07, 6.45) is 3.75. The molecular weight excluding hydrogens is 272 g/mol. The molecule has 3 heteroatoms. The molecule has 0 spiro atoms. The average Bonchev–Trinajstić information content (AvgIpc) is 3.04. The zero-order valence-corrected chi connectivity index (χ0v) is 14.0. The molecule has 2 aliphatic heterocycles. The van der Waals surface area contributed by atoms with E-state index in [2.05, 4.69) is 41.0 Å². The summed E-state index contributed by atoms with van der Waals surface area (Å²) in [5.41, 5.74) is 2.95. The number of ether oxygens (including phenoxy) is 1. The van der Waals surface area contributed by atoms with Gasteiger partial charge in [-0.3, -0.25) is 0 Å². The van der Waals surface area contributed by atoms with Gasteiger partial charge in [-0.05, 0) is 49.8 Å². The van der Waals surface area contributed by atoms with Crippen molar-refractivity contribution in [3.8, 4) is 0 Å². The van der Waals surface area contributed by atoms with Gasteiger partial charge in [0.25, 0.3) is 0 Å². The molecule has 2 heterocycles. The lowest BCUT2D eigenvalue weighted by molar-refractivity contribution is 0.110. The fraction of sp³-hybridized carbons (Fsp3) is 0.684. The van der Waals surface area contributed by atoms with Gasteiger partial charge in [0.2, 0.25) is 0 Å². The van der Waals surface area contributed by atoms with E-state index in [1.165, 1.54) is 69.7 Å². The number of piperazine rings is 1. The van der Waals surface area contributed by atoms with E-state index >= 15 is 0 Å². The van der Waals surface area contributed by atoms with Crippen LogP contribution < -0.4 is 0 Å². The van der Waals surface area contributed by atoms with Gasteiger partial charge in [-0.1, -0.05) is 24.3 Å². The Kier molecular flexibility index (Phi) is 5.88. The number of benzene rings is 1. The average molecular weight is 302 g/mol. The molecule has 2 aliphatic rings. The van der Waals surface area contributed by atoms with Crippen LogP contribution in [-0.2, 0) is 11.2 Å².